The normalized spacial score (nSPS) is 19.6. The Labute approximate surface area is 237 Å². The van der Waals surface area contributed by atoms with Gasteiger partial charge in [-0.1, -0.05) is 24.1 Å². The zero-order chi connectivity index (χ0) is 26.8. The standard InChI is InChI=1S/C29H34ClFN6OS/c30-23-17-20(6-7-24(23)31)34-28-27-22-10-16-37(18-25(22)39-29(27)33-19-32-28)26(38)5-4-11-35-14-8-21(9-15-35)36-12-2-1-3-13-36/h4-7,17,19,21H,1-3,8-16,18H2,(H,32,33,34)/b5-4+. The van der Waals surface area contributed by atoms with Gasteiger partial charge in [-0.3, -0.25) is 9.69 Å². The zero-order valence-corrected chi connectivity index (χ0v) is 23.6. The summed E-state index contributed by atoms with van der Waals surface area (Å²) >= 11 is 7.56. The van der Waals surface area contributed by atoms with E-state index in [2.05, 4.69) is 25.1 Å². The summed E-state index contributed by atoms with van der Waals surface area (Å²) in [5, 5.41) is 4.29. The fourth-order valence-electron chi connectivity index (χ4n) is 6.08. The van der Waals surface area contributed by atoms with Gasteiger partial charge < -0.3 is 15.1 Å². The second-order valence-electron chi connectivity index (χ2n) is 10.7. The maximum atomic E-state index is 13.6. The highest BCUT2D eigenvalue weighted by Crippen LogP contribution is 2.38. The summed E-state index contributed by atoms with van der Waals surface area (Å²) < 4.78 is 13.6. The molecule has 0 atom stereocenters. The number of halogens is 2. The van der Waals surface area contributed by atoms with Gasteiger partial charge >= 0.3 is 0 Å². The van der Waals surface area contributed by atoms with Crippen LogP contribution in [0.2, 0.25) is 5.02 Å². The van der Waals surface area contributed by atoms with Crippen LogP contribution in [0.15, 0.2) is 36.7 Å². The van der Waals surface area contributed by atoms with E-state index in [-0.39, 0.29) is 10.9 Å². The van der Waals surface area contributed by atoms with Gasteiger partial charge in [-0.25, -0.2) is 14.4 Å². The molecule has 1 amide bonds. The highest BCUT2D eigenvalue weighted by molar-refractivity contribution is 7.19. The van der Waals surface area contributed by atoms with E-state index in [0.29, 0.717) is 24.6 Å². The maximum Gasteiger partial charge on any atom is 0.246 e. The van der Waals surface area contributed by atoms with Crippen molar-refractivity contribution in [2.75, 3.05) is 44.6 Å². The van der Waals surface area contributed by atoms with Crippen molar-refractivity contribution < 1.29 is 9.18 Å². The second-order valence-corrected chi connectivity index (χ2v) is 12.2. The molecule has 10 heteroatoms. The molecule has 2 saturated heterocycles. The number of aromatic nitrogens is 2. The number of carbonyl (C=O) groups is 1. The van der Waals surface area contributed by atoms with Crippen LogP contribution in [-0.4, -0.2) is 75.9 Å². The maximum absolute atomic E-state index is 13.6. The third-order valence-corrected chi connectivity index (χ3v) is 9.63. The highest BCUT2D eigenvalue weighted by Gasteiger charge is 2.27. The Morgan fingerprint density at radius 2 is 1.95 bits per heavy atom. The Kier molecular flexibility index (Phi) is 8.11. The number of likely N-dealkylation sites (tertiary alicyclic amines) is 2. The summed E-state index contributed by atoms with van der Waals surface area (Å²) in [6.45, 7) is 6.81. The van der Waals surface area contributed by atoms with E-state index in [9.17, 15) is 9.18 Å². The lowest BCUT2D eigenvalue weighted by Gasteiger charge is -2.40. The van der Waals surface area contributed by atoms with Crippen molar-refractivity contribution >= 4 is 50.6 Å². The first kappa shape index (κ1) is 26.6. The Morgan fingerprint density at radius 1 is 1.13 bits per heavy atom. The number of hydrogen-bond acceptors (Lipinski definition) is 7. The number of nitrogens with one attached hydrogen (secondary N) is 1. The Morgan fingerprint density at radius 3 is 2.74 bits per heavy atom. The van der Waals surface area contributed by atoms with E-state index < -0.39 is 5.82 Å². The van der Waals surface area contributed by atoms with Crippen molar-refractivity contribution in [2.24, 2.45) is 0 Å². The number of benzene rings is 1. The molecule has 2 fully saturated rings. The van der Waals surface area contributed by atoms with Gasteiger partial charge in [0.2, 0.25) is 5.91 Å². The zero-order valence-electron chi connectivity index (χ0n) is 22.0. The molecule has 3 aromatic rings. The van der Waals surface area contributed by atoms with Crippen LogP contribution in [0.3, 0.4) is 0 Å². The molecule has 3 aliphatic heterocycles. The number of nitrogens with zero attached hydrogens (tertiary/aromatic N) is 5. The monoisotopic (exact) mass is 568 g/mol. The first-order valence-electron chi connectivity index (χ1n) is 13.9. The van der Waals surface area contributed by atoms with Crippen LogP contribution in [-0.2, 0) is 17.8 Å². The minimum atomic E-state index is -0.459. The lowest BCUT2D eigenvalue weighted by Crippen LogP contribution is -2.46. The topological polar surface area (TPSA) is 64.6 Å². The quantitative estimate of drug-likeness (QED) is 0.390. The SMILES string of the molecule is O=C(/C=C/CN1CCC(N2CCCCC2)CC1)N1CCc2c(sc3ncnc(Nc4ccc(F)c(Cl)c4)c23)C1. The lowest BCUT2D eigenvalue weighted by atomic mass is 10.00. The molecular weight excluding hydrogens is 535 g/mol. The van der Waals surface area contributed by atoms with Crippen molar-refractivity contribution in [2.45, 2.75) is 51.1 Å². The minimum Gasteiger partial charge on any atom is -0.340 e. The largest absolute Gasteiger partial charge is 0.340 e. The van der Waals surface area contributed by atoms with Crippen LogP contribution in [0.25, 0.3) is 10.2 Å². The fourth-order valence-corrected chi connectivity index (χ4v) is 7.46. The van der Waals surface area contributed by atoms with E-state index in [1.807, 2.05) is 11.0 Å². The Balaban J connectivity index is 1.06. The van der Waals surface area contributed by atoms with E-state index in [0.717, 1.165) is 47.2 Å². The third-order valence-electron chi connectivity index (χ3n) is 8.22. The molecule has 1 N–H and O–H groups in total. The molecule has 1 aromatic carbocycles. The number of thiophene rings is 1. The molecule has 0 saturated carbocycles. The first-order chi connectivity index (χ1) is 19.0. The summed E-state index contributed by atoms with van der Waals surface area (Å²) in [5.41, 5.74) is 1.84. The summed E-state index contributed by atoms with van der Waals surface area (Å²) in [7, 11) is 0. The molecule has 5 heterocycles. The van der Waals surface area contributed by atoms with E-state index in [1.165, 1.54) is 63.2 Å². The predicted molar refractivity (Wildman–Crippen MR) is 155 cm³/mol. The average Bonchev–Trinajstić information content (AvgIpc) is 3.35. The molecule has 39 heavy (non-hydrogen) atoms. The van der Waals surface area contributed by atoms with Gasteiger partial charge in [0, 0.05) is 35.8 Å². The molecule has 7 nitrogen and oxygen atoms in total. The van der Waals surface area contributed by atoms with Crippen molar-refractivity contribution in [1.29, 1.82) is 0 Å². The number of piperidine rings is 2. The van der Waals surface area contributed by atoms with Crippen LogP contribution in [0.5, 0.6) is 0 Å². The second kappa shape index (κ2) is 11.9. The van der Waals surface area contributed by atoms with E-state index in [1.54, 1.807) is 29.5 Å². The molecule has 3 aliphatic rings. The Hall–Kier alpha value is -2.59. The molecule has 206 valence electrons. The molecule has 0 spiro atoms. The fraction of sp³-hybridized carbons (Fsp3) is 0.483. The van der Waals surface area contributed by atoms with Gasteiger partial charge in [-0.2, -0.15) is 0 Å². The van der Waals surface area contributed by atoms with Crippen molar-refractivity contribution in [3.05, 3.63) is 58.0 Å². The molecule has 0 bridgehead atoms. The summed E-state index contributed by atoms with van der Waals surface area (Å²) in [6.07, 6.45) is 12.6. The molecule has 0 aliphatic carbocycles. The number of carbonyl (C=O) groups excluding carboxylic acids is 1. The highest BCUT2D eigenvalue weighted by atomic mass is 35.5. The van der Waals surface area contributed by atoms with Gasteiger partial charge in [-0.05, 0) is 82.0 Å². The molecule has 0 radical (unpaired) electrons. The number of amides is 1. The van der Waals surface area contributed by atoms with Crippen LogP contribution in [0.1, 0.15) is 42.5 Å². The van der Waals surface area contributed by atoms with Gasteiger partial charge in [0.15, 0.2) is 0 Å². The molecule has 2 aromatic heterocycles. The summed E-state index contributed by atoms with van der Waals surface area (Å²) in [5.74, 6) is 0.273. The number of rotatable bonds is 6. The third kappa shape index (κ3) is 5.96. The lowest BCUT2D eigenvalue weighted by molar-refractivity contribution is -0.126. The van der Waals surface area contributed by atoms with E-state index >= 15 is 0 Å². The molecule has 0 unspecified atom stereocenters. The molecular formula is C29H34ClFN6OS. The smallest absolute Gasteiger partial charge is 0.246 e. The van der Waals surface area contributed by atoms with E-state index in [4.69, 9.17) is 11.6 Å². The molecule has 6 rings (SSSR count). The number of anilines is 2. The number of hydrogen-bond donors (Lipinski definition) is 1. The summed E-state index contributed by atoms with van der Waals surface area (Å²) in [6, 6.07) is 5.26. The van der Waals surface area contributed by atoms with Gasteiger partial charge in [0.25, 0.3) is 0 Å². The van der Waals surface area contributed by atoms with Crippen LogP contribution >= 0.6 is 22.9 Å². The predicted octanol–water partition coefficient (Wildman–Crippen LogP) is 5.62. The summed E-state index contributed by atoms with van der Waals surface area (Å²) in [4.78, 5) is 31.1. The van der Waals surface area contributed by atoms with Crippen LogP contribution in [0.4, 0.5) is 15.9 Å². The average molecular weight is 569 g/mol. The van der Waals surface area contributed by atoms with Crippen molar-refractivity contribution in [3.63, 3.8) is 0 Å². The Bertz CT molecular complexity index is 1370. The van der Waals surface area contributed by atoms with Crippen molar-refractivity contribution in [3.8, 4) is 0 Å². The van der Waals surface area contributed by atoms with Gasteiger partial charge in [0.05, 0.1) is 17.0 Å². The van der Waals surface area contributed by atoms with Gasteiger partial charge in [0.1, 0.15) is 22.8 Å². The van der Waals surface area contributed by atoms with Crippen molar-refractivity contribution in [1.82, 2.24) is 24.7 Å². The number of fused-ring (bicyclic) bond motifs is 3. The van der Waals surface area contributed by atoms with Crippen LogP contribution < -0.4 is 5.32 Å². The van der Waals surface area contributed by atoms with Crippen LogP contribution in [0, 0.1) is 5.82 Å². The van der Waals surface area contributed by atoms with Gasteiger partial charge in [-0.15, -0.1) is 11.3 Å². The first-order valence-corrected chi connectivity index (χ1v) is 15.1. The minimum absolute atomic E-state index is 0.0572.